The van der Waals surface area contributed by atoms with Crippen LogP contribution in [0.25, 0.3) is 0 Å². The minimum Gasteiger partial charge on any atom is -0.379 e. The predicted octanol–water partition coefficient (Wildman–Crippen LogP) is 0.401. The smallest absolute Gasteiger partial charge is 0.275 e. The van der Waals surface area contributed by atoms with Gasteiger partial charge in [0.15, 0.2) is 5.82 Å². The standard InChI is InChI=1S/C8H16N4O2/c9-8(7-12(13)14)10-11-5-3-1-2-4-6-11/h7,10H,1-6,9H2. The maximum Gasteiger partial charge on any atom is 0.275 e. The quantitative estimate of drug-likeness (QED) is 0.509. The summed E-state index contributed by atoms with van der Waals surface area (Å²) in [7, 11) is 0. The minimum atomic E-state index is -0.555. The van der Waals surface area contributed by atoms with Crippen molar-refractivity contribution in [2.24, 2.45) is 5.73 Å². The van der Waals surface area contributed by atoms with Gasteiger partial charge in [-0.05, 0) is 12.8 Å². The molecular weight excluding hydrogens is 184 g/mol. The Balaban J connectivity index is 2.37. The van der Waals surface area contributed by atoms with E-state index in [0.29, 0.717) is 0 Å². The van der Waals surface area contributed by atoms with Crippen LogP contribution in [0.5, 0.6) is 0 Å². The minimum absolute atomic E-state index is 0.0944. The van der Waals surface area contributed by atoms with Crippen molar-refractivity contribution in [2.45, 2.75) is 25.7 Å². The van der Waals surface area contributed by atoms with Gasteiger partial charge in [-0.25, -0.2) is 5.01 Å². The van der Waals surface area contributed by atoms with Crippen LogP contribution in [-0.2, 0) is 0 Å². The Morgan fingerprint density at radius 1 is 1.36 bits per heavy atom. The van der Waals surface area contributed by atoms with E-state index in [1.165, 1.54) is 12.8 Å². The van der Waals surface area contributed by atoms with Crippen molar-refractivity contribution < 1.29 is 4.92 Å². The molecule has 1 saturated heterocycles. The van der Waals surface area contributed by atoms with Crippen LogP contribution in [0, 0.1) is 10.1 Å². The Labute approximate surface area is 82.9 Å². The van der Waals surface area contributed by atoms with Crippen LogP contribution in [-0.4, -0.2) is 23.0 Å². The predicted molar refractivity (Wildman–Crippen MR) is 52.4 cm³/mol. The molecule has 0 bridgehead atoms. The van der Waals surface area contributed by atoms with Crippen LogP contribution < -0.4 is 11.2 Å². The Hall–Kier alpha value is -1.30. The molecule has 14 heavy (non-hydrogen) atoms. The number of rotatable bonds is 3. The zero-order valence-electron chi connectivity index (χ0n) is 8.11. The van der Waals surface area contributed by atoms with Crippen molar-refractivity contribution in [1.29, 1.82) is 0 Å². The third-order valence-electron chi connectivity index (χ3n) is 2.14. The maximum absolute atomic E-state index is 10.1. The lowest BCUT2D eigenvalue weighted by Crippen LogP contribution is -2.40. The highest BCUT2D eigenvalue weighted by molar-refractivity contribution is 4.86. The Kier molecular flexibility index (Phi) is 4.18. The van der Waals surface area contributed by atoms with E-state index >= 15 is 0 Å². The monoisotopic (exact) mass is 200 g/mol. The van der Waals surface area contributed by atoms with E-state index in [2.05, 4.69) is 5.43 Å². The van der Waals surface area contributed by atoms with Crippen molar-refractivity contribution >= 4 is 0 Å². The van der Waals surface area contributed by atoms with Gasteiger partial charge in [0.25, 0.3) is 6.20 Å². The molecule has 0 radical (unpaired) electrons. The van der Waals surface area contributed by atoms with Gasteiger partial charge in [-0.3, -0.25) is 15.5 Å². The summed E-state index contributed by atoms with van der Waals surface area (Å²) in [4.78, 5) is 9.55. The molecule has 1 aliphatic rings. The summed E-state index contributed by atoms with van der Waals surface area (Å²) < 4.78 is 0. The second kappa shape index (κ2) is 5.43. The van der Waals surface area contributed by atoms with Gasteiger partial charge in [0.1, 0.15) is 0 Å². The third kappa shape index (κ3) is 4.08. The maximum atomic E-state index is 10.1. The van der Waals surface area contributed by atoms with E-state index in [4.69, 9.17) is 5.73 Å². The van der Waals surface area contributed by atoms with Crippen molar-refractivity contribution in [3.05, 3.63) is 22.1 Å². The van der Waals surface area contributed by atoms with Crippen LogP contribution in [0.1, 0.15) is 25.7 Å². The lowest BCUT2D eigenvalue weighted by atomic mass is 10.2. The normalized spacial score (nSPS) is 20.1. The van der Waals surface area contributed by atoms with Crippen molar-refractivity contribution in [2.75, 3.05) is 13.1 Å². The van der Waals surface area contributed by atoms with E-state index in [0.717, 1.165) is 32.1 Å². The summed E-state index contributed by atoms with van der Waals surface area (Å²) in [5, 5.41) is 12.0. The van der Waals surface area contributed by atoms with E-state index in [-0.39, 0.29) is 5.82 Å². The molecule has 1 rings (SSSR count). The molecule has 0 aliphatic carbocycles. The number of nitrogens with two attached hydrogens (primary N) is 1. The molecule has 0 aromatic heterocycles. The first kappa shape index (κ1) is 10.8. The van der Waals surface area contributed by atoms with Crippen LogP contribution in [0.3, 0.4) is 0 Å². The lowest BCUT2D eigenvalue weighted by molar-refractivity contribution is -0.404. The van der Waals surface area contributed by atoms with Gasteiger partial charge in [-0.2, -0.15) is 0 Å². The first-order valence-electron chi connectivity index (χ1n) is 4.81. The Morgan fingerprint density at radius 2 is 1.93 bits per heavy atom. The molecule has 0 aromatic rings. The molecule has 0 atom stereocenters. The van der Waals surface area contributed by atoms with Crippen molar-refractivity contribution in [3.63, 3.8) is 0 Å². The second-order valence-electron chi connectivity index (χ2n) is 3.38. The van der Waals surface area contributed by atoms with E-state index in [1.807, 2.05) is 5.01 Å². The van der Waals surface area contributed by atoms with Gasteiger partial charge in [-0.1, -0.05) is 12.8 Å². The summed E-state index contributed by atoms with van der Waals surface area (Å²) in [5.41, 5.74) is 8.24. The molecule has 0 aromatic carbocycles. The fraction of sp³-hybridized carbons (Fsp3) is 0.750. The number of hydrogen-bond donors (Lipinski definition) is 2. The zero-order valence-corrected chi connectivity index (χ0v) is 8.11. The molecule has 1 heterocycles. The van der Waals surface area contributed by atoms with Gasteiger partial charge >= 0.3 is 0 Å². The number of nitrogens with one attached hydrogen (secondary N) is 1. The summed E-state index contributed by atoms with van der Waals surface area (Å²) in [6.45, 7) is 1.79. The van der Waals surface area contributed by atoms with Crippen LogP contribution in [0.2, 0.25) is 0 Å². The number of hydrogen-bond acceptors (Lipinski definition) is 5. The lowest BCUT2D eigenvalue weighted by Gasteiger charge is -2.20. The molecule has 80 valence electrons. The zero-order chi connectivity index (χ0) is 10.4. The molecule has 0 unspecified atom stereocenters. The first-order valence-corrected chi connectivity index (χ1v) is 4.81. The van der Waals surface area contributed by atoms with Crippen molar-refractivity contribution in [3.8, 4) is 0 Å². The molecule has 6 heteroatoms. The van der Waals surface area contributed by atoms with Gasteiger partial charge in [0.05, 0.1) is 4.92 Å². The van der Waals surface area contributed by atoms with Gasteiger partial charge < -0.3 is 5.73 Å². The topological polar surface area (TPSA) is 84.4 Å². The molecule has 0 amide bonds. The number of nitro groups is 1. The average molecular weight is 200 g/mol. The van der Waals surface area contributed by atoms with E-state index in [1.54, 1.807) is 0 Å². The largest absolute Gasteiger partial charge is 0.379 e. The highest BCUT2D eigenvalue weighted by Gasteiger charge is 2.09. The molecule has 0 saturated carbocycles. The van der Waals surface area contributed by atoms with Crippen LogP contribution in [0.4, 0.5) is 0 Å². The molecule has 3 N–H and O–H groups in total. The average Bonchev–Trinajstić information content (AvgIpc) is 2.31. The van der Waals surface area contributed by atoms with Crippen molar-refractivity contribution in [1.82, 2.24) is 10.4 Å². The van der Waals surface area contributed by atoms with Crippen LogP contribution >= 0.6 is 0 Å². The number of hydrazine groups is 1. The van der Waals surface area contributed by atoms with E-state index in [9.17, 15) is 10.1 Å². The van der Waals surface area contributed by atoms with E-state index < -0.39 is 4.92 Å². The van der Waals surface area contributed by atoms with Crippen LogP contribution in [0.15, 0.2) is 12.0 Å². The summed E-state index contributed by atoms with van der Waals surface area (Å²) in [6, 6.07) is 0. The highest BCUT2D eigenvalue weighted by Crippen LogP contribution is 2.07. The molecule has 1 aliphatic heterocycles. The third-order valence-corrected chi connectivity index (χ3v) is 2.14. The first-order chi connectivity index (χ1) is 6.68. The molecule has 1 fully saturated rings. The summed E-state index contributed by atoms with van der Waals surface area (Å²) in [6.07, 6.45) is 5.44. The number of nitrogens with zero attached hydrogens (tertiary/aromatic N) is 2. The molecule has 0 spiro atoms. The summed E-state index contributed by atoms with van der Waals surface area (Å²) in [5.74, 6) is 0.0944. The highest BCUT2D eigenvalue weighted by atomic mass is 16.6. The molecular formula is C8H16N4O2. The molecule has 6 nitrogen and oxygen atoms in total. The SMILES string of the molecule is NC(=C[N+](=O)[O-])NN1CCCCCC1. The fourth-order valence-corrected chi connectivity index (χ4v) is 1.51. The Morgan fingerprint density at radius 3 is 2.43 bits per heavy atom. The second-order valence-corrected chi connectivity index (χ2v) is 3.38. The summed E-state index contributed by atoms with van der Waals surface area (Å²) >= 11 is 0. The van der Waals surface area contributed by atoms with Gasteiger partial charge in [0.2, 0.25) is 0 Å². The fourth-order valence-electron chi connectivity index (χ4n) is 1.51. The Bertz CT molecular complexity index is 221. The van der Waals surface area contributed by atoms with Gasteiger partial charge in [0, 0.05) is 13.1 Å². The van der Waals surface area contributed by atoms with Gasteiger partial charge in [-0.15, -0.1) is 0 Å².